The van der Waals surface area contributed by atoms with Crippen molar-refractivity contribution in [3.63, 3.8) is 0 Å². The highest BCUT2D eigenvalue weighted by Crippen LogP contribution is 2.18. The van der Waals surface area contributed by atoms with Gasteiger partial charge in [-0.15, -0.1) is 0 Å². The topological polar surface area (TPSA) is 66.0 Å². The average Bonchev–Trinajstić information content (AvgIpc) is 2.46. The van der Waals surface area contributed by atoms with E-state index in [0.717, 1.165) is 38.4 Å². The van der Waals surface area contributed by atoms with Crippen LogP contribution in [0.1, 0.15) is 54.4 Å². The zero-order valence-corrected chi connectivity index (χ0v) is 14.3. The Hall–Kier alpha value is -1.59. The predicted molar refractivity (Wildman–Crippen MR) is 90.2 cm³/mol. The van der Waals surface area contributed by atoms with Gasteiger partial charge in [-0.05, 0) is 40.5 Å². The summed E-state index contributed by atoms with van der Waals surface area (Å²) in [4.78, 5) is 15.7. The summed E-state index contributed by atoms with van der Waals surface area (Å²) in [5, 5.41) is 6.65. The van der Waals surface area contributed by atoms with E-state index in [1.807, 2.05) is 0 Å². The second-order valence-corrected chi connectivity index (χ2v) is 5.74. The Morgan fingerprint density at radius 2 is 1.57 bits per heavy atom. The maximum atomic E-state index is 4.57. The molecule has 0 unspecified atom stereocenters. The van der Waals surface area contributed by atoms with Crippen molar-refractivity contribution in [3.8, 4) is 0 Å². The third kappa shape index (κ3) is 5.36. The lowest BCUT2D eigenvalue weighted by Gasteiger charge is -2.26. The molecule has 0 saturated heterocycles. The number of nitrogens with zero attached hydrogens (tertiary/aromatic N) is 4. The van der Waals surface area contributed by atoms with Crippen molar-refractivity contribution >= 4 is 17.8 Å². The van der Waals surface area contributed by atoms with E-state index in [0.29, 0.717) is 11.9 Å². The monoisotopic (exact) mass is 294 g/mol. The molecule has 0 aromatic carbocycles. The lowest BCUT2D eigenvalue weighted by atomic mass is 10.0. The van der Waals surface area contributed by atoms with Gasteiger partial charge in [0.1, 0.15) is 0 Å². The molecule has 0 amide bonds. The molecule has 0 saturated carbocycles. The summed E-state index contributed by atoms with van der Waals surface area (Å²) in [7, 11) is 0. The first-order valence-corrected chi connectivity index (χ1v) is 7.98. The van der Waals surface area contributed by atoms with E-state index < -0.39 is 0 Å². The van der Waals surface area contributed by atoms with Gasteiger partial charge < -0.3 is 15.5 Å². The van der Waals surface area contributed by atoms with E-state index in [2.05, 4.69) is 72.0 Å². The van der Waals surface area contributed by atoms with Gasteiger partial charge in [-0.1, -0.05) is 13.8 Å². The van der Waals surface area contributed by atoms with Crippen molar-refractivity contribution in [1.82, 2.24) is 15.0 Å². The lowest BCUT2D eigenvalue weighted by Crippen LogP contribution is -2.32. The van der Waals surface area contributed by atoms with Crippen LogP contribution in [0.4, 0.5) is 17.8 Å². The summed E-state index contributed by atoms with van der Waals surface area (Å²) >= 11 is 0. The number of anilines is 3. The van der Waals surface area contributed by atoms with Crippen molar-refractivity contribution in [3.05, 3.63) is 0 Å². The Morgan fingerprint density at radius 1 is 0.952 bits per heavy atom. The number of aromatic nitrogens is 3. The van der Waals surface area contributed by atoms with Crippen LogP contribution in [0, 0.1) is 0 Å². The first-order chi connectivity index (χ1) is 9.95. The third-order valence-electron chi connectivity index (χ3n) is 3.54. The minimum atomic E-state index is -0.0378. The van der Waals surface area contributed by atoms with Gasteiger partial charge in [-0.2, -0.15) is 15.0 Å². The maximum absolute atomic E-state index is 4.57. The van der Waals surface area contributed by atoms with Gasteiger partial charge in [-0.25, -0.2) is 0 Å². The van der Waals surface area contributed by atoms with E-state index in [-0.39, 0.29) is 5.54 Å². The third-order valence-corrected chi connectivity index (χ3v) is 3.54. The highest BCUT2D eigenvalue weighted by molar-refractivity contribution is 5.44. The Labute approximate surface area is 128 Å². The van der Waals surface area contributed by atoms with E-state index >= 15 is 0 Å². The van der Waals surface area contributed by atoms with Crippen LogP contribution in [0.15, 0.2) is 0 Å². The number of hydrogen-bond acceptors (Lipinski definition) is 6. The molecule has 1 aromatic heterocycles. The van der Waals surface area contributed by atoms with Gasteiger partial charge in [0.2, 0.25) is 17.8 Å². The standard InChI is InChI=1S/C15H30N6/c1-7-11-16-12-17-13(20-15(5,6)8-2)19-14(18-12)21(9-3)10-4/h7-11H2,1-6H3,(H2,16,17,18,19,20). The first kappa shape index (κ1) is 17.5. The molecule has 6 heteroatoms. The van der Waals surface area contributed by atoms with Crippen LogP contribution in [0.5, 0.6) is 0 Å². The minimum Gasteiger partial charge on any atom is -0.354 e. The molecular weight excluding hydrogens is 264 g/mol. The van der Waals surface area contributed by atoms with Crippen LogP contribution in [0.3, 0.4) is 0 Å². The maximum Gasteiger partial charge on any atom is 0.231 e. The van der Waals surface area contributed by atoms with E-state index in [4.69, 9.17) is 0 Å². The number of hydrogen-bond donors (Lipinski definition) is 2. The summed E-state index contributed by atoms with van der Waals surface area (Å²) < 4.78 is 0. The highest BCUT2D eigenvalue weighted by Gasteiger charge is 2.18. The van der Waals surface area contributed by atoms with Gasteiger partial charge in [0.05, 0.1) is 0 Å². The first-order valence-electron chi connectivity index (χ1n) is 7.98. The summed E-state index contributed by atoms with van der Waals surface area (Å²) in [5.41, 5.74) is -0.0378. The highest BCUT2D eigenvalue weighted by atomic mass is 15.3. The Balaban J connectivity index is 3.08. The molecule has 0 aliphatic heterocycles. The number of nitrogens with one attached hydrogen (secondary N) is 2. The van der Waals surface area contributed by atoms with Crippen molar-refractivity contribution in [2.24, 2.45) is 0 Å². The summed E-state index contributed by atoms with van der Waals surface area (Å²) in [6.45, 7) is 15.4. The normalized spacial score (nSPS) is 11.3. The molecule has 0 fully saturated rings. The zero-order chi connectivity index (χ0) is 15.9. The van der Waals surface area contributed by atoms with Crippen LogP contribution in [0.2, 0.25) is 0 Å². The summed E-state index contributed by atoms with van der Waals surface area (Å²) in [6.07, 6.45) is 2.03. The van der Waals surface area contributed by atoms with Crippen molar-refractivity contribution in [1.29, 1.82) is 0 Å². The van der Waals surface area contributed by atoms with E-state index in [9.17, 15) is 0 Å². The van der Waals surface area contributed by atoms with Gasteiger partial charge in [-0.3, -0.25) is 0 Å². The molecule has 0 bridgehead atoms. The van der Waals surface area contributed by atoms with Crippen LogP contribution in [0.25, 0.3) is 0 Å². The van der Waals surface area contributed by atoms with Crippen molar-refractivity contribution in [2.45, 2.75) is 59.9 Å². The predicted octanol–water partition coefficient (Wildman–Crippen LogP) is 3.14. The molecule has 120 valence electrons. The fourth-order valence-corrected chi connectivity index (χ4v) is 1.78. The van der Waals surface area contributed by atoms with E-state index in [1.165, 1.54) is 0 Å². The Bertz CT molecular complexity index is 428. The molecule has 1 heterocycles. The fraction of sp³-hybridized carbons (Fsp3) is 0.800. The molecule has 0 radical (unpaired) electrons. The van der Waals surface area contributed by atoms with E-state index in [1.54, 1.807) is 0 Å². The fourth-order valence-electron chi connectivity index (χ4n) is 1.78. The molecule has 1 rings (SSSR count). The SMILES string of the molecule is CCCNc1nc(NC(C)(C)CC)nc(N(CC)CC)n1. The molecule has 1 aromatic rings. The number of rotatable bonds is 9. The summed E-state index contributed by atoms with van der Waals surface area (Å²) in [6, 6.07) is 0. The van der Waals surface area contributed by atoms with Gasteiger partial charge in [0, 0.05) is 25.2 Å². The van der Waals surface area contributed by atoms with Gasteiger partial charge in [0.15, 0.2) is 0 Å². The summed E-state index contributed by atoms with van der Waals surface area (Å²) in [5.74, 6) is 2.00. The Kier molecular flexibility index (Phi) is 6.65. The van der Waals surface area contributed by atoms with Crippen LogP contribution >= 0.6 is 0 Å². The van der Waals surface area contributed by atoms with Crippen LogP contribution in [-0.2, 0) is 0 Å². The quantitative estimate of drug-likeness (QED) is 0.729. The molecule has 21 heavy (non-hydrogen) atoms. The second kappa shape index (κ2) is 8.00. The molecule has 0 spiro atoms. The molecule has 2 N–H and O–H groups in total. The zero-order valence-electron chi connectivity index (χ0n) is 14.3. The van der Waals surface area contributed by atoms with Crippen LogP contribution in [-0.4, -0.2) is 40.1 Å². The Morgan fingerprint density at radius 3 is 2.10 bits per heavy atom. The smallest absolute Gasteiger partial charge is 0.231 e. The average molecular weight is 294 g/mol. The second-order valence-electron chi connectivity index (χ2n) is 5.74. The molecule has 0 atom stereocenters. The van der Waals surface area contributed by atoms with Gasteiger partial charge >= 0.3 is 0 Å². The minimum absolute atomic E-state index is 0.0378. The largest absolute Gasteiger partial charge is 0.354 e. The lowest BCUT2D eigenvalue weighted by molar-refractivity contribution is 0.541. The molecular formula is C15H30N6. The van der Waals surface area contributed by atoms with Gasteiger partial charge in [0.25, 0.3) is 0 Å². The van der Waals surface area contributed by atoms with Crippen LogP contribution < -0.4 is 15.5 Å². The van der Waals surface area contributed by atoms with Crippen molar-refractivity contribution < 1.29 is 0 Å². The van der Waals surface area contributed by atoms with Crippen molar-refractivity contribution in [2.75, 3.05) is 35.2 Å². The molecule has 0 aliphatic rings. The molecule has 6 nitrogen and oxygen atoms in total. The molecule has 0 aliphatic carbocycles.